The zero-order chi connectivity index (χ0) is 8.53. The maximum atomic E-state index is 9.99. The molecule has 0 bridgehead atoms. The van der Waals surface area contributed by atoms with Gasteiger partial charge in [0.25, 0.3) is 0 Å². The van der Waals surface area contributed by atoms with Crippen molar-refractivity contribution in [2.75, 3.05) is 26.3 Å². The van der Waals surface area contributed by atoms with Crippen LogP contribution in [0.15, 0.2) is 5.29 Å². The van der Waals surface area contributed by atoms with E-state index < -0.39 is 0 Å². The van der Waals surface area contributed by atoms with Crippen LogP contribution < -0.4 is 0 Å². The van der Waals surface area contributed by atoms with E-state index in [0.717, 1.165) is 6.42 Å². The van der Waals surface area contributed by atoms with Gasteiger partial charge in [0.15, 0.2) is 0 Å². The van der Waals surface area contributed by atoms with Gasteiger partial charge < -0.3 is 10.2 Å². The standard InChI is InChI=1S/C6H14N2O3/c9-5-2-1-3-8(7-11)4-6-10/h9-10H,1-6H2. The van der Waals surface area contributed by atoms with E-state index in [1.54, 1.807) is 0 Å². The van der Waals surface area contributed by atoms with Gasteiger partial charge in [-0.05, 0) is 12.8 Å². The van der Waals surface area contributed by atoms with Crippen LogP contribution in [0.4, 0.5) is 0 Å². The molecule has 0 fully saturated rings. The molecule has 5 heteroatoms. The summed E-state index contributed by atoms with van der Waals surface area (Å²) in [5.41, 5.74) is 0. The molecule has 0 atom stereocenters. The molecule has 0 amide bonds. The molecule has 0 aliphatic heterocycles. The van der Waals surface area contributed by atoms with Crippen molar-refractivity contribution < 1.29 is 10.2 Å². The van der Waals surface area contributed by atoms with Crippen LogP contribution in [-0.2, 0) is 0 Å². The molecule has 2 N–H and O–H groups in total. The number of aliphatic hydroxyl groups excluding tert-OH is 2. The molecule has 0 unspecified atom stereocenters. The Morgan fingerprint density at radius 2 is 1.82 bits per heavy atom. The first kappa shape index (κ1) is 10.3. The maximum absolute atomic E-state index is 9.99. The number of aliphatic hydroxyl groups is 2. The Morgan fingerprint density at radius 3 is 2.27 bits per heavy atom. The summed E-state index contributed by atoms with van der Waals surface area (Å²) in [6.07, 6.45) is 1.39. The Morgan fingerprint density at radius 1 is 1.09 bits per heavy atom. The molecule has 66 valence electrons. The predicted octanol–water partition coefficient (Wildman–Crippen LogP) is -0.265. The van der Waals surface area contributed by atoms with E-state index in [1.165, 1.54) is 5.01 Å². The number of nitroso groups, excluding NO2 is 1. The normalized spacial score (nSPS) is 9.64. The van der Waals surface area contributed by atoms with Gasteiger partial charge in [-0.2, -0.15) is 0 Å². The molecular formula is C6H14N2O3. The van der Waals surface area contributed by atoms with Gasteiger partial charge in [0, 0.05) is 13.2 Å². The van der Waals surface area contributed by atoms with E-state index >= 15 is 0 Å². The topological polar surface area (TPSA) is 73.1 Å². The van der Waals surface area contributed by atoms with Gasteiger partial charge in [0.05, 0.1) is 18.4 Å². The highest BCUT2D eigenvalue weighted by atomic mass is 16.3. The first-order valence-electron chi connectivity index (χ1n) is 3.65. The van der Waals surface area contributed by atoms with Gasteiger partial charge in [-0.15, -0.1) is 4.91 Å². The second-order valence-corrected chi connectivity index (χ2v) is 2.19. The van der Waals surface area contributed by atoms with Crippen LogP contribution in [0.2, 0.25) is 0 Å². The van der Waals surface area contributed by atoms with Gasteiger partial charge in [0.2, 0.25) is 0 Å². The van der Waals surface area contributed by atoms with E-state index in [-0.39, 0.29) is 19.8 Å². The fourth-order valence-electron chi connectivity index (χ4n) is 0.715. The predicted molar refractivity (Wildman–Crippen MR) is 40.8 cm³/mol. The van der Waals surface area contributed by atoms with Crippen LogP contribution in [0.25, 0.3) is 0 Å². The summed E-state index contributed by atoms with van der Waals surface area (Å²) in [7, 11) is 0. The Labute approximate surface area is 65.6 Å². The van der Waals surface area contributed by atoms with E-state index in [2.05, 4.69) is 5.29 Å². The molecule has 0 rings (SSSR count). The maximum Gasteiger partial charge on any atom is 0.0624 e. The van der Waals surface area contributed by atoms with Gasteiger partial charge in [-0.1, -0.05) is 0 Å². The third-order valence-corrected chi connectivity index (χ3v) is 1.30. The van der Waals surface area contributed by atoms with Crippen molar-refractivity contribution in [3.8, 4) is 0 Å². The number of nitrogens with zero attached hydrogens (tertiary/aromatic N) is 2. The molecule has 0 heterocycles. The zero-order valence-corrected chi connectivity index (χ0v) is 6.44. The summed E-state index contributed by atoms with van der Waals surface area (Å²) in [6.45, 7) is 0.843. The van der Waals surface area contributed by atoms with Crippen molar-refractivity contribution in [2.24, 2.45) is 5.29 Å². The molecule has 0 aliphatic carbocycles. The molecule has 0 radical (unpaired) electrons. The van der Waals surface area contributed by atoms with Crippen molar-refractivity contribution in [2.45, 2.75) is 12.8 Å². The van der Waals surface area contributed by atoms with Crippen molar-refractivity contribution in [3.63, 3.8) is 0 Å². The summed E-state index contributed by atoms with van der Waals surface area (Å²) in [5.74, 6) is 0. The van der Waals surface area contributed by atoms with Crippen molar-refractivity contribution in [3.05, 3.63) is 4.91 Å². The second kappa shape index (κ2) is 7.43. The minimum Gasteiger partial charge on any atom is -0.396 e. The lowest BCUT2D eigenvalue weighted by Gasteiger charge is -2.12. The Balaban J connectivity index is 3.28. The quantitative estimate of drug-likeness (QED) is 0.307. The fraction of sp³-hybridized carbons (Fsp3) is 1.00. The van der Waals surface area contributed by atoms with Gasteiger partial charge >= 0.3 is 0 Å². The molecule has 0 saturated heterocycles. The molecule has 0 aliphatic rings. The Bertz CT molecular complexity index is 99.8. The van der Waals surface area contributed by atoms with Crippen LogP contribution in [0.3, 0.4) is 0 Å². The highest BCUT2D eigenvalue weighted by molar-refractivity contribution is 4.50. The molecule has 0 aromatic rings. The molecule has 0 aromatic carbocycles. The van der Waals surface area contributed by atoms with E-state index in [1.807, 2.05) is 0 Å². The summed E-state index contributed by atoms with van der Waals surface area (Å²) < 4.78 is 0. The number of rotatable bonds is 7. The molecule has 0 saturated carbocycles. The summed E-state index contributed by atoms with van der Waals surface area (Å²) in [4.78, 5) is 9.99. The first-order chi connectivity index (χ1) is 5.35. The molecule has 5 nitrogen and oxygen atoms in total. The fourth-order valence-corrected chi connectivity index (χ4v) is 0.715. The minimum absolute atomic E-state index is 0.0646. The van der Waals surface area contributed by atoms with Gasteiger partial charge in [-0.25, -0.2) is 0 Å². The van der Waals surface area contributed by atoms with Crippen LogP contribution in [-0.4, -0.2) is 41.5 Å². The lowest BCUT2D eigenvalue weighted by Crippen LogP contribution is -2.21. The van der Waals surface area contributed by atoms with Crippen LogP contribution in [0.5, 0.6) is 0 Å². The second-order valence-electron chi connectivity index (χ2n) is 2.19. The van der Waals surface area contributed by atoms with E-state index in [9.17, 15) is 4.91 Å². The van der Waals surface area contributed by atoms with Crippen molar-refractivity contribution >= 4 is 0 Å². The Kier molecular flexibility index (Phi) is 6.97. The number of hydrogen-bond acceptors (Lipinski definition) is 4. The van der Waals surface area contributed by atoms with Crippen molar-refractivity contribution in [1.82, 2.24) is 5.01 Å². The van der Waals surface area contributed by atoms with Crippen molar-refractivity contribution in [1.29, 1.82) is 0 Å². The summed E-state index contributed by atoms with van der Waals surface area (Å²) in [5, 5.41) is 20.8. The summed E-state index contributed by atoms with van der Waals surface area (Å²) in [6, 6.07) is 0. The molecule has 11 heavy (non-hydrogen) atoms. The molecule has 0 spiro atoms. The number of unbranched alkanes of at least 4 members (excludes halogenated alkanes) is 1. The third kappa shape index (κ3) is 5.75. The monoisotopic (exact) mass is 162 g/mol. The zero-order valence-electron chi connectivity index (χ0n) is 6.44. The minimum atomic E-state index is -0.0646. The number of hydrogen-bond donors (Lipinski definition) is 2. The lowest BCUT2D eigenvalue weighted by molar-refractivity contribution is 0.191. The van der Waals surface area contributed by atoms with Gasteiger partial charge in [-0.3, -0.25) is 5.01 Å². The van der Waals surface area contributed by atoms with E-state index in [0.29, 0.717) is 13.0 Å². The summed E-state index contributed by atoms with van der Waals surface area (Å²) >= 11 is 0. The average molecular weight is 162 g/mol. The first-order valence-corrected chi connectivity index (χ1v) is 3.65. The van der Waals surface area contributed by atoms with Crippen LogP contribution >= 0.6 is 0 Å². The largest absolute Gasteiger partial charge is 0.396 e. The van der Waals surface area contributed by atoms with Crippen LogP contribution in [0, 0.1) is 4.91 Å². The molecule has 0 aromatic heterocycles. The highest BCUT2D eigenvalue weighted by Crippen LogP contribution is 1.94. The van der Waals surface area contributed by atoms with E-state index in [4.69, 9.17) is 10.2 Å². The SMILES string of the molecule is O=NN(CCO)CCCCO. The molecular weight excluding hydrogens is 148 g/mol. The highest BCUT2D eigenvalue weighted by Gasteiger charge is 1.99. The smallest absolute Gasteiger partial charge is 0.0624 e. The van der Waals surface area contributed by atoms with Crippen LogP contribution in [0.1, 0.15) is 12.8 Å². The lowest BCUT2D eigenvalue weighted by atomic mass is 10.3. The Hall–Kier alpha value is -0.680. The van der Waals surface area contributed by atoms with Gasteiger partial charge in [0.1, 0.15) is 0 Å². The third-order valence-electron chi connectivity index (χ3n) is 1.30. The average Bonchev–Trinajstić information content (AvgIpc) is 2.03.